The molecule has 1 aromatic carbocycles. The van der Waals surface area contributed by atoms with Gasteiger partial charge in [-0.2, -0.15) is 0 Å². The van der Waals surface area contributed by atoms with Gasteiger partial charge in [0.05, 0.1) is 0 Å². The third-order valence-corrected chi connectivity index (χ3v) is 4.44. The number of nitrogens with two attached hydrogens (primary N) is 1. The molecule has 118 valence electrons. The quantitative estimate of drug-likeness (QED) is 0.785. The minimum absolute atomic E-state index is 0.170. The van der Waals surface area contributed by atoms with Crippen LogP contribution in [0.1, 0.15) is 32.6 Å². The van der Waals surface area contributed by atoms with Crippen LogP contribution in [0.3, 0.4) is 0 Å². The summed E-state index contributed by atoms with van der Waals surface area (Å²) >= 11 is 0. The van der Waals surface area contributed by atoms with Crippen molar-refractivity contribution in [1.29, 1.82) is 0 Å². The minimum atomic E-state index is -0.170. The van der Waals surface area contributed by atoms with Gasteiger partial charge >= 0.3 is 0 Å². The van der Waals surface area contributed by atoms with Crippen LogP contribution in [0.15, 0.2) is 24.3 Å². The van der Waals surface area contributed by atoms with Gasteiger partial charge in [-0.1, -0.05) is 26.2 Å². The first kappa shape index (κ1) is 16.2. The van der Waals surface area contributed by atoms with Crippen LogP contribution in [-0.4, -0.2) is 43.7 Å². The van der Waals surface area contributed by atoms with E-state index in [1.165, 1.54) is 37.8 Å². The Balaban J connectivity index is 1.82. The summed E-state index contributed by atoms with van der Waals surface area (Å²) in [6.07, 6.45) is 5.04. The van der Waals surface area contributed by atoms with Crippen molar-refractivity contribution >= 4 is 5.69 Å². The van der Waals surface area contributed by atoms with E-state index in [0.717, 1.165) is 38.4 Å². The molecule has 1 saturated heterocycles. The summed E-state index contributed by atoms with van der Waals surface area (Å²) < 4.78 is 13.0. The van der Waals surface area contributed by atoms with E-state index in [9.17, 15) is 4.39 Å². The van der Waals surface area contributed by atoms with Crippen molar-refractivity contribution in [2.24, 2.45) is 5.73 Å². The summed E-state index contributed by atoms with van der Waals surface area (Å²) in [4.78, 5) is 4.85. The molecule has 1 aliphatic rings. The molecular formula is C17H28FN3. The number of rotatable bonds is 7. The Hall–Kier alpha value is -1.13. The highest BCUT2D eigenvalue weighted by atomic mass is 19.1. The van der Waals surface area contributed by atoms with Gasteiger partial charge in [-0.25, -0.2) is 4.39 Å². The normalized spacial score (nSPS) is 18.0. The van der Waals surface area contributed by atoms with Gasteiger partial charge in [-0.15, -0.1) is 0 Å². The molecule has 1 fully saturated rings. The fourth-order valence-electron chi connectivity index (χ4n) is 3.08. The first-order valence-electron chi connectivity index (χ1n) is 8.19. The van der Waals surface area contributed by atoms with E-state index in [2.05, 4.69) is 16.7 Å². The second-order valence-corrected chi connectivity index (χ2v) is 5.88. The number of unbranched alkanes of at least 4 members (excludes halogenated alkanes) is 2. The van der Waals surface area contributed by atoms with Gasteiger partial charge in [0, 0.05) is 44.5 Å². The molecule has 2 N–H and O–H groups in total. The Labute approximate surface area is 127 Å². The number of hydrogen-bond acceptors (Lipinski definition) is 3. The van der Waals surface area contributed by atoms with Crippen molar-refractivity contribution in [1.82, 2.24) is 4.90 Å². The van der Waals surface area contributed by atoms with E-state index in [4.69, 9.17) is 5.73 Å². The molecule has 0 saturated carbocycles. The molecule has 1 aliphatic heterocycles. The summed E-state index contributed by atoms with van der Waals surface area (Å²) in [7, 11) is 0. The fraction of sp³-hybridized carbons (Fsp3) is 0.647. The molecule has 0 bridgehead atoms. The van der Waals surface area contributed by atoms with Crippen LogP contribution in [0.25, 0.3) is 0 Å². The molecule has 0 amide bonds. The lowest BCUT2D eigenvalue weighted by Crippen LogP contribution is -2.52. The van der Waals surface area contributed by atoms with Gasteiger partial charge in [0.1, 0.15) is 5.82 Å². The summed E-state index contributed by atoms with van der Waals surface area (Å²) in [6, 6.07) is 7.33. The molecule has 21 heavy (non-hydrogen) atoms. The Kier molecular flexibility index (Phi) is 6.46. The van der Waals surface area contributed by atoms with Gasteiger partial charge in [0.2, 0.25) is 0 Å². The van der Waals surface area contributed by atoms with Crippen molar-refractivity contribution in [3.63, 3.8) is 0 Å². The van der Waals surface area contributed by atoms with Crippen molar-refractivity contribution < 1.29 is 4.39 Å². The third kappa shape index (κ3) is 4.68. The summed E-state index contributed by atoms with van der Waals surface area (Å²) in [6.45, 7) is 7.07. The number of benzene rings is 1. The standard InChI is InChI=1S/C17H28FN3/c1-2-3-4-5-17(14-19)21-12-10-20(11-13-21)16-8-6-15(18)7-9-16/h6-9,17H,2-5,10-14,19H2,1H3. The van der Waals surface area contributed by atoms with Crippen LogP contribution < -0.4 is 10.6 Å². The summed E-state index contributed by atoms with van der Waals surface area (Å²) in [5, 5.41) is 0. The van der Waals surface area contributed by atoms with E-state index >= 15 is 0 Å². The van der Waals surface area contributed by atoms with E-state index in [-0.39, 0.29) is 5.82 Å². The molecule has 0 aromatic heterocycles. The molecular weight excluding hydrogens is 265 g/mol. The molecule has 1 atom stereocenters. The average molecular weight is 293 g/mol. The number of anilines is 1. The smallest absolute Gasteiger partial charge is 0.123 e. The first-order valence-corrected chi connectivity index (χ1v) is 8.19. The molecule has 3 nitrogen and oxygen atoms in total. The lowest BCUT2D eigenvalue weighted by Gasteiger charge is -2.40. The molecule has 0 spiro atoms. The highest BCUT2D eigenvalue weighted by molar-refractivity contribution is 5.46. The van der Waals surface area contributed by atoms with Crippen LogP contribution in [-0.2, 0) is 0 Å². The second kappa shape index (κ2) is 8.35. The maximum atomic E-state index is 13.0. The number of halogens is 1. The number of nitrogens with zero attached hydrogens (tertiary/aromatic N) is 2. The minimum Gasteiger partial charge on any atom is -0.369 e. The van der Waals surface area contributed by atoms with Gasteiger partial charge in [0.15, 0.2) is 0 Å². The fourth-order valence-corrected chi connectivity index (χ4v) is 3.08. The Bertz CT molecular complexity index is 399. The van der Waals surface area contributed by atoms with Crippen LogP contribution in [0.5, 0.6) is 0 Å². The number of piperazine rings is 1. The number of hydrogen-bond donors (Lipinski definition) is 1. The molecule has 1 unspecified atom stereocenters. The molecule has 1 aromatic rings. The van der Waals surface area contributed by atoms with Crippen LogP contribution >= 0.6 is 0 Å². The van der Waals surface area contributed by atoms with Crippen LogP contribution in [0, 0.1) is 5.82 Å². The monoisotopic (exact) mass is 293 g/mol. The maximum Gasteiger partial charge on any atom is 0.123 e. The zero-order chi connectivity index (χ0) is 15.1. The molecule has 0 aliphatic carbocycles. The molecule has 1 heterocycles. The van der Waals surface area contributed by atoms with Crippen molar-refractivity contribution in [2.45, 2.75) is 38.6 Å². The third-order valence-electron chi connectivity index (χ3n) is 4.44. The average Bonchev–Trinajstić information content (AvgIpc) is 2.53. The topological polar surface area (TPSA) is 32.5 Å². The molecule has 0 radical (unpaired) electrons. The lowest BCUT2D eigenvalue weighted by molar-refractivity contribution is 0.177. The van der Waals surface area contributed by atoms with Gasteiger partial charge in [0.25, 0.3) is 0 Å². The molecule has 2 rings (SSSR count). The van der Waals surface area contributed by atoms with E-state index in [0.29, 0.717) is 6.04 Å². The Morgan fingerprint density at radius 1 is 1.10 bits per heavy atom. The van der Waals surface area contributed by atoms with E-state index in [1.807, 2.05) is 12.1 Å². The second-order valence-electron chi connectivity index (χ2n) is 5.88. The van der Waals surface area contributed by atoms with Crippen molar-refractivity contribution in [3.8, 4) is 0 Å². The largest absolute Gasteiger partial charge is 0.369 e. The Morgan fingerprint density at radius 2 is 1.76 bits per heavy atom. The SMILES string of the molecule is CCCCCC(CN)N1CCN(c2ccc(F)cc2)CC1. The highest BCUT2D eigenvalue weighted by Crippen LogP contribution is 2.19. The highest BCUT2D eigenvalue weighted by Gasteiger charge is 2.22. The lowest BCUT2D eigenvalue weighted by atomic mass is 10.1. The zero-order valence-corrected chi connectivity index (χ0v) is 13.1. The Morgan fingerprint density at radius 3 is 2.33 bits per heavy atom. The van der Waals surface area contributed by atoms with E-state index in [1.54, 1.807) is 0 Å². The predicted octanol–water partition coefficient (Wildman–Crippen LogP) is 2.86. The van der Waals surface area contributed by atoms with Crippen molar-refractivity contribution in [3.05, 3.63) is 30.1 Å². The van der Waals surface area contributed by atoms with E-state index < -0.39 is 0 Å². The van der Waals surface area contributed by atoms with Crippen LogP contribution in [0.4, 0.5) is 10.1 Å². The molecule has 4 heteroatoms. The summed E-state index contributed by atoms with van der Waals surface area (Å²) in [5.74, 6) is -0.170. The predicted molar refractivity (Wildman–Crippen MR) is 87.2 cm³/mol. The van der Waals surface area contributed by atoms with Gasteiger partial charge < -0.3 is 10.6 Å². The summed E-state index contributed by atoms with van der Waals surface area (Å²) in [5.41, 5.74) is 7.07. The zero-order valence-electron chi connectivity index (χ0n) is 13.1. The van der Waals surface area contributed by atoms with Gasteiger partial charge in [-0.05, 0) is 30.7 Å². The van der Waals surface area contributed by atoms with Gasteiger partial charge in [-0.3, -0.25) is 4.90 Å². The first-order chi connectivity index (χ1) is 10.2. The van der Waals surface area contributed by atoms with Crippen molar-refractivity contribution in [2.75, 3.05) is 37.6 Å². The maximum absolute atomic E-state index is 13.0. The van der Waals surface area contributed by atoms with Crippen LogP contribution in [0.2, 0.25) is 0 Å².